The van der Waals surface area contributed by atoms with Crippen molar-refractivity contribution in [3.8, 4) is 0 Å². The van der Waals surface area contributed by atoms with Crippen LogP contribution in [0.5, 0.6) is 0 Å². The molecule has 2 N–H and O–H groups in total. The van der Waals surface area contributed by atoms with Gasteiger partial charge in [0.25, 0.3) is 0 Å². The van der Waals surface area contributed by atoms with E-state index in [4.69, 9.17) is 5.11 Å². The average molecular weight is 282 g/mol. The molecule has 0 amide bonds. The molecule has 1 rings (SSSR count). The van der Waals surface area contributed by atoms with Gasteiger partial charge >= 0.3 is 0 Å². The molecule has 0 aliphatic carbocycles. The van der Waals surface area contributed by atoms with Crippen molar-refractivity contribution < 1.29 is 9.50 Å². The smallest absolute Gasteiger partial charge is 0.146 e. The second-order valence-electron chi connectivity index (χ2n) is 4.97. The number of anilines is 1. The molecule has 4 heteroatoms. The molecule has 0 heterocycles. The van der Waals surface area contributed by atoms with Gasteiger partial charge in [-0.2, -0.15) is 0 Å². The Morgan fingerprint density at radius 2 is 2.05 bits per heavy atom. The number of hydrogen-bond donors (Lipinski definition) is 2. The van der Waals surface area contributed by atoms with Crippen LogP contribution in [0.1, 0.15) is 38.7 Å². The lowest BCUT2D eigenvalue weighted by molar-refractivity contribution is 0.286. The lowest BCUT2D eigenvalue weighted by Crippen LogP contribution is -2.25. The number of hydrogen-bond acceptors (Lipinski definition) is 3. The second kappa shape index (κ2) is 9.72. The van der Waals surface area contributed by atoms with Gasteiger partial charge in [-0.3, -0.25) is 0 Å². The molecule has 0 spiro atoms. The van der Waals surface area contributed by atoms with Crippen LogP contribution in [-0.4, -0.2) is 31.3 Å². The van der Waals surface area contributed by atoms with Gasteiger partial charge in [-0.05, 0) is 44.0 Å². The highest BCUT2D eigenvalue weighted by atomic mass is 19.1. The third-order valence-corrected chi connectivity index (χ3v) is 3.36. The Bertz CT molecular complexity index is 385. The zero-order valence-electron chi connectivity index (χ0n) is 12.7. The van der Waals surface area contributed by atoms with E-state index in [1.54, 1.807) is 6.07 Å². The van der Waals surface area contributed by atoms with E-state index in [-0.39, 0.29) is 12.4 Å². The Morgan fingerprint density at radius 3 is 2.70 bits per heavy atom. The predicted molar refractivity (Wildman–Crippen MR) is 82.6 cm³/mol. The first kappa shape index (κ1) is 16.9. The van der Waals surface area contributed by atoms with Crippen molar-refractivity contribution in [1.29, 1.82) is 0 Å². The summed E-state index contributed by atoms with van der Waals surface area (Å²) in [4.78, 5) is 2.09. The topological polar surface area (TPSA) is 35.5 Å². The first-order valence-corrected chi connectivity index (χ1v) is 7.57. The lowest BCUT2D eigenvalue weighted by Gasteiger charge is -2.24. The first-order valence-electron chi connectivity index (χ1n) is 7.57. The van der Waals surface area contributed by atoms with Crippen molar-refractivity contribution in [1.82, 2.24) is 5.32 Å². The van der Waals surface area contributed by atoms with Gasteiger partial charge < -0.3 is 15.3 Å². The third kappa shape index (κ3) is 5.47. The van der Waals surface area contributed by atoms with Gasteiger partial charge in [0.2, 0.25) is 0 Å². The second-order valence-corrected chi connectivity index (χ2v) is 4.97. The van der Waals surface area contributed by atoms with Crippen molar-refractivity contribution >= 4 is 5.69 Å². The monoisotopic (exact) mass is 282 g/mol. The van der Waals surface area contributed by atoms with Crippen LogP contribution in [0.25, 0.3) is 0 Å². The number of nitrogens with one attached hydrogen (secondary N) is 1. The van der Waals surface area contributed by atoms with Crippen LogP contribution in [0.4, 0.5) is 10.1 Å². The van der Waals surface area contributed by atoms with E-state index in [9.17, 15) is 4.39 Å². The minimum absolute atomic E-state index is 0.151. The maximum atomic E-state index is 14.0. The minimum Gasteiger partial charge on any atom is -0.396 e. The number of halogens is 1. The molecular weight excluding hydrogens is 255 g/mol. The van der Waals surface area contributed by atoms with E-state index in [1.807, 2.05) is 12.1 Å². The molecule has 0 radical (unpaired) electrons. The first-order chi connectivity index (χ1) is 9.72. The number of rotatable bonds is 10. The molecule has 0 unspecified atom stereocenters. The fourth-order valence-corrected chi connectivity index (χ4v) is 2.15. The SMILES string of the molecule is CCCCN(CC)c1cc(CNCCCO)ccc1F. The Hall–Kier alpha value is -1.13. The molecule has 3 nitrogen and oxygen atoms in total. The Morgan fingerprint density at radius 1 is 1.25 bits per heavy atom. The lowest BCUT2D eigenvalue weighted by atomic mass is 10.1. The van der Waals surface area contributed by atoms with Crippen molar-refractivity contribution in [2.45, 2.75) is 39.7 Å². The van der Waals surface area contributed by atoms with E-state index in [0.717, 1.165) is 44.5 Å². The molecule has 20 heavy (non-hydrogen) atoms. The van der Waals surface area contributed by atoms with Gasteiger partial charge in [-0.1, -0.05) is 19.4 Å². The van der Waals surface area contributed by atoms with Crippen LogP contribution < -0.4 is 10.2 Å². The molecule has 0 aliphatic rings. The molecule has 0 aliphatic heterocycles. The van der Waals surface area contributed by atoms with Crippen molar-refractivity contribution in [3.63, 3.8) is 0 Å². The summed E-state index contributed by atoms with van der Waals surface area (Å²) >= 11 is 0. The van der Waals surface area contributed by atoms with Gasteiger partial charge in [0.1, 0.15) is 5.82 Å². The standard InChI is InChI=1S/C16H27FN2O/c1-3-5-10-19(4-2)16-12-14(7-8-15(16)17)13-18-9-6-11-20/h7-8,12,18,20H,3-6,9-11,13H2,1-2H3. The normalized spacial score (nSPS) is 10.8. The van der Waals surface area contributed by atoms with E-state index >= 15 is 0 Å². The molecule has 0 aromatic heterocycles. The van der Waals surface area contributed by atoms with Crippen molar-refractivity contribution in [2.75, 3.05) is 31.1 Å². The van der Waals surface area contributed by atoms with Crippen LogP contribution in [-0.2, 0) is 6.54 Å². The Labute approximate surface area is 121 Å². The maximum Gasteiger partial charge on any atom is 0.146 e. The van der Waals surface area contributed by atoms with E-state index < -0.39 is 0 Å². The predicted octanol–water partition coefficient (Wildman–Crippen LogP) is 2.92. The zero-order valence-corrected chi connectivity index (χ0v) is 12.7. The van der Waals surface area contributed by atoms with Gasteiger partial charge in [-0.25, -0.2) is 4.39 Å². The average Bonchev–Trinajstić information content (AvgIpc) is 2.47. The molecule has 0 atom stereocenters. The maximum absolute atomic E-state index is 14.0. The third-order valence-electron chi connectivity index (χ3n) is 3.36. The van der Waals surface area contributed by atoms with E-state index in [1.165, 1.54) is 0 Å². The molecule has 0 bridgehead atoms. The molecular formula is C16H27FN2O. The molecule has 0 saturated carbocycles. The quantitative estimate of drug-likeness (QED) is 0.648. The number of unbranched alkanes of at least 4 members (excludes halogenated alkanes) is 1. The Kier molecular flexibility index (Phi) is 8.23. The van der Waals surface area contributed by atoms with Crippen LogP contribution >= 0.6 is 0 Å². The number of aliphatic hydroxyl groups is 1. The highest BCUT2D eigenvalue weighted by Crippen LogP contribution is 2.21. The zero-order chi connectivity index (χ0) is 14.8. The fraction of sp³-hybridized carbons (Fsp3) is 0.625. The van der Waals surface area contributed by atoms with E-state index in [2.05, 4.69) is 24.1 Å². The highest BCUT2D eigenvalue weighted by Gasteiger charge is 2.10. The summed E-state index contributed by atoms with van der Waals surface area (Å²) in [6, 6.07) is 5.30. The summed E-state index contributed by atoms with van der Waals surface area (Å²) in [6.45, 7) is 7.59. The summed E-state index contributed by atoms with van der Waals surface area (Å²) in [5, 5.41) is 12.0. The van der Waals surface area contributed by atoms with Gasteiger partial charge in [0.05, 0.1) is 5.69 Å². The molecule has 0 saturated heterocycles. The molecule has 1 aromatic rings. The summed E-state index contributed by atoms with van der Waals surface area (Å²) in [5.74, 6) is -0.151. The number of nitrogens with zero attached hydrogens (tertiary/aromatic N) is 1. The molecule has 114 valence electrons. The fourth-order valence-electron chi connectivity index (χ4n) is 2.15. The number of aliphatic hydroxyl groups excluding tert-OH is 1. The number of benzene rings is 1. The minimum atomic E-state index is -0.151. The van der Waals surface area contributed by atoms with Crippen LogP contribution in [0.15, 0.2) is 18.2 Å². The summed E-state index contributed by atoms with van der Waals surface area (Å²) in [7, 11) is 0. The van der Waals surface area contributed by atoms with Gasteiger partial charge in [0, 0.05) is 26.2 Å². The Balaban J connectivity index is 2.68. The van der Waals surface area contributed by atoms with Crippen LogP contribution in [0.2, 0.25) is 0 Å². The van der Waals surface area contributed by atoms with Crippen molar-refractivity contribution in [3.05, 3.63) is 29.6 Å². The molecule has 1 aromatic carbocycles. The summed E-state index contributed by atoms with van der Waals surface area (Å²) < 4.78 is 14.0. The highest BCUT2D eigenvalue weighted by molar-refractivity contribution is 5.50. The van der Waals surface area contributed by atoms with Crippen LogP contribution in [0, 0.1) is 5.82 Å². The van der Waals surface area contributed by atoms with Crippen molar-refractivity contribution in [2.24, 2.45) is 0 Å². The summed E-state index contributed by atoms with van der Waals surface area (Å²) in [5.41, 5.74) is 1.77. The van der Waals surface area contributed by atoms with Gasteiger partial charge in [-0.15, -0.1) is 0 Å². The largest absolute Gasteiger partial charge is 0.396 e. The van der Waals surface area contributed by atoms with E-state index in [0.29, 0.717) is 12.2 Å². The van der Waals surface area contributed by atoms with Gasteiger partial charge in [0.15, 0.2) is 0 Å². The van der Waals surface area contributed by atoms with Crippen LogP contribution in [0.3, 0.4) is 0 Å². The summed E-state index contributed by atoms with van der Waals surface area (Å²) in [6.07, 6.45) is 2.93. The molecule has 0 fully saturated rings.